The van der Waals surface area contributed by atoms with E-state index >= 15 is 0 Å². The summed E-state index contributed by atoms with van der Waals surface area (Å²) >= 11 is 0. The average molecular weight is 600 g/mol. The van der Waals surface area contributed by atoms with Gasteiger partial charge in [0.25, 0.3) is 11.5 Å². The summed E-state index contributed by atoms with van der Waals surface area (Å²) in [5.41, 5.74) is 12.0. The number of nitrogens with one attached hydrogen (secondary N) is 4. The first-order chi connectivity index (χ1) is 20.8. The van der Waals surface area contributed by atoms with Crippen LogP contribution in [0.15, 0.2) is 35.3 Å². The van der Waals surface area contributed by atoms with Crippen molar-refractivity contribution in [2.24, 2.45) is 5.73 Å². The number of nitrogens with two attached hydrogens (primary N) is 2. The Hall–Kier alpha value is -4.67. The minimum atomic E-state index is -1.24. The van der Waals surface area contributed by atoms with Crippen LogP contribution in [0.25, 0.3) is 11.2 Å². The van der Waals surface area contributed by atoms with Gasteiger partial charge in [-0.05, 0) is 50.1 Å². The molecule has 2 aromatic heterocycles. The molecule has 9 N–H and O–H groups in total. The lowest BCUT2D eigenvalue weighted by Crippen LogP contribution is -2.41. The Morgan fingerprint density at radius 2 is 1.74 bits per heavy atom. The Bertz CT molecular complexity index is 1420. The number of aromatic nitrogens is 4. The second-order valence-corrected chi connectivity index (χ2v) is 9.39. The van der Waals surface area contributed by atoms with Crippen molar-refractivity contribution in [2.45, 2.75) is 38.3 Å². The third-order valence-corrected chi connectivity index (χ3v) is 6.02. The zero-order chi connectivity index (χ0) is 31.0. The summed E-state index contributed by atoms with van der Waals surface area (Å²) in [6.07, 6.45) is 2.73. The molecule has 0 saturated carbocycles. The number of carboxylic acids is 1. The SMILES string of the molecule is NCCCOCCOCCCNC(=O)CCC(NC(=O)c1ccc(NCc2cnc3nc(N)[nH]c(=O)c3n2)cc1)C(=O)O. The second kappa shape index (κ2) is 17.3. The predicted octanol–water partition coefficient (Wildman–Crippen LogP) is -0.241. The van der Waals surface area contributed by atoms with E-state index in [4.69, 9.17) is 20.9 Å². The molecule has 0 radical (unpaired) electrons. The quantitative estimate of drug-likeness (QED) is 0.0880. The zero-order valence-electron chi connectivity index (χ0n) is 23.6. The summed E-state index contributed by atoms with van der Waals surface area (Å²) in [4.78, 5) is 63.2. The fourth-order valence-corrected chi connectivity index (χ4v) is 3.76. The van der Waals surface area contributed by atoms with E-state index in [2.05, 4.69) is 35.9 Å². The van der Waals surface area contributed by atoms with Crippen molar-refractivity contribution in [1.82, 2.24) is 30.6 Å². The molecule has 43 heavy (non-hydrogen) atoms. The first-order valence-corrected chi connectivity index (χ1v) is 13.8. The van der Waals surface area contributed by atoms with Gasteiger partial charge in [0.05, 0.1) is 31.6 Å². The molecular formula is C27H37N9O7. The highest BCUT2D eigenvalue weighted by atomic mass is 16.5. The van der Waals surface area contributed by atoms with Gasteiger partial charge in [-0.2, -0.15) is 4.98 Å². The van der Waals surface area contributed by atoms with Crippen LogP contribution in [0.3, 0.4) is 0 Å². The number of nitrogens with zero attached hydrogens (tertiary/aromatic N) is 3. The Morgan fingerprint density at radius 3 is 2.44 bits per heavy atom. The summed E-state index contributed by atoms with van der Waals surface area (Å²) in [6, 6.07) is 5.10. The van der Waals surface area contributed by atoms with Crippen molar-refractivity contribution in [3.63, 3.8) is 0 Å². The number of H-pyrrole nitrogens is 1. The van der Waals surface area contributed by atoms with E-state index in [-0.39, 0.29) is 48.0 Å². The number of hydrogen-bond donors (Lipinski definition) is 7. The van der Waals surface area contributed by atoms with E-state index in [9.17, 15) is 24.3 Å². The molecule has 0 spiro atoms. The van der Waals surface area contributed by atoms with Crippen molar-refractivity contribution in [1.29, 1.82) is 0 Å². The minimum Gasteiger partial charge on any atom is -0.480 e. The number of ether oxygens (including phenoxy) is 2. The third-order valence-electron chi connectivity index (χ3n) is 6.02. The maximum absolute atomic E-state index is 12.7. The fourth-order valence-electron chi connectivity index (χ4n) is 3.76. The van der Waals surface area contributed by atoms with Gasteiger partial charge >= 0.3 is 5.97 Å². The van der Waals surface area contributed by atoms with Gasteiger partial charge in [0.15, 0.2) is 11.2 Å². The number of amides is 2. The van der Waals surface area contributed by atoms with E-state index in [1.165, 1.54) is 18.3 Å². The first-order valence-electron chi connectivity index (χ1n) is 13.8. The number of anilines is 2. The van der Waals surface area contributed by atoms with E-state index in [1.54, 1.807) is 12.1 Å². The lowest BCUT2D eigenvalue weighted by molar-refractivity contribution is -0.139. The van der Waals surface area contributed by atoms with Crippen LogP contribution >= 0.6 is 0 Å². The van der Waals surface area contributed by atoms with Crippen molar-refractivity contribution < 1.29 is 29.0 Å². The highest BCUT2D eigenvalue weighted by Crippen LogP contribution is 2.12. The Balaban J connectivity index is 1.38. The Labute approximate surface area is 247 Å². The smallest absolute Gasteiger partial charge is 0.326 e. The maximum Gasteiger partial charge on any atom is 0.326 e. The summed E-state index contributed by atoms with van der Waals surface area (Å²) < 4.78 is 10.7. The number of aliphatic carboxylic acids is 1. The number of fused-ring (bicyclic) bond motifs is 1. The van der Waals surface area contributed by atoms with Crippen LogP contribution in [0.2, 0.25) is 0 Å². The number of carboxylic acid groups (broad SMARTS) is 1. The largest absolute Gasteiger partial charge is 0.480 e. The maximum atomic E-state index is 12.7. The lowest BCUT2D eigenvalue weighted by Gasteiger charge is -2.15. The van der Waals surface area contributed by atoms with Gasteiger partial charge in [-0.25, -0.2) is 14.8 Å². The van der Waals surface area contributed by atoms with Gasteiger partial charge in [-0.3, -0.25) is 19.4 Å². The van der Waals surface area contributed by atoms with Crippen LogP contribution in [-0.4, -0.2) is 88.4 Å². The number of carbonyl (C=O) groups excluding carboxylic acids is 2. The minimum absolute atomic E-state index is 0.0492. The van der Waals surface area contributed by atoms with Crippen LogP contribution < -0.4 is 33.0 Å². The topological polar surface area (TPSA) is 250 Å². The van der Waals surface area contributed by atoms with E-state index in [1.807, 2.05) is 0 Å². The number of rotatable bonds is 19. The highest BCUT2D eigenvalue weighted by molar-refractivity contribution is 5.97. The Morgan fingerprint density at radius 1 is 1.02 bits per heavy atom. The second-order valence-electron chi connectivity index (χ2n) is 9.39. The monoisotopic (exact) mass is 599 g/mol. The number of carbonyl (C=O) groups is 3. The fraction of sp³-hybridized carbons (Fsp3) is 0.444. The molecule has 0 bridgehead atoms. The van der Waals surface area contributed by atoms with Crippen molar-refractivity contribution in [2.75, 3.05) is 50.6 Å². The molecule has 3 aromatic rings. The van der Waals surface area contributed by atoms with Gasteiger partial charge < -0.3 is 42.0 Å². The molecule has 2 heterocycles. The van der Waals surface area contributed by atoms with Gasteiger partial charge in [0.2, 0.25) is 11.9 Å². The molecule has 16 nitrogen and oxygen atoms in total. The molecule has 2 amide bonds. The van der Waals surface area contributed by atoms with Crippen molar-refractivity contribution in [3.8, 4) is 0 Å². The van der Waals surface area contributed by atoms with Crippen LogP contribution in [0.4, 0.5) is 11.6 Å². The molecule has 1 unspecified atom stereocenters. The number of nitrogen functional groups attached to an aromatic ring is 1. The molecule has 1 aromatic carbocycles. The highest BCUT2D eigenvalue weighted by Gasteiger charge is 2.21. The standard InChI is InChI=1S/C27H37N9O7/c28-9-1-11-42-13-14-43-12-2-10-30-21(37)8-7-20(26(40)41)34-24(38)17-3-5-18(6-4-17)31-15-19-16-32-23-22(33-19)25(39)36-27(29)35-23/h3-6,16,20,31H,1-2,7-15,28H2,(H,30,37)(H,34,38)(H,40,41)(H3,29,32,35,36,39). The van der Waals surface area contributed by atoms with Crippen molar-refractivity contribution in [3.05, 3.63) is 52.1 Å². The van der Waals surface area contributed by atoms with Crippen LogP contribution in [0, 0.1) is 0 Å². The summed E-state index contributed by atoms with van der Waals surface area (Å²) in [5.74, 6) is -2.20. The first kappa shape index (κ1) is 32.8. The Kier molecular flexibility index (Phi) is 13.2. The molecule has 232 valence electrons. The average Bonchev–Trinajstić information content (AvgIpc) is 2.99. The van der Waals surface area contributed by atoms with Crippen molar-refractivity contribution >= 4 is 40.6 Å². The molecule has 16 heteroatoms. The third kappa shape index (κ3) is 11.3. The molecule has 0 saturated heterocycles. The number of aromatic amines is 1. The van der Waals surface area contributed by atoms with E-state index in [0.717, 1.165) is 6.42 Å². The lowest BCUT2D eigenvalue weighted by atomic mass is 10.1. The molecule has 0 aliphatic carbocycles. The molecule has 0 fully saturated rings. The van der Waals surface area contributed by atoms with Crippen LogP contribution in [-0.2, 0) is 25.6 Å². The van der Waals surface area contributed by atoms with Gasteiger partial charge in [0.1, 0.15) is 6.04 Å². The number of hydrogen-bond acceptors (Lipinski definition) is 12. The predicted molar refractivity (Wildman–Crippen MR) is 157 cm³/mol. The van der Waals surface area contributed by atoms with Crippen LogP contribution in [0.5, 0.6) is 0 Å². The molecule has 0 aliphatic rings. The van der Waals surface area contributed by atoms with Gasteiger partial charge in [0, 0.05) is 37.4 Å². The van der Waals surface area contributed by atoms with Crippen LogP contribution in [0.1, 0.15) is 41.7 Å². The van der Waals surface area contributed by atoms with Gasteiger partial charge in [-0.15, -0.1) is 0 Å². The normalized spacial score (nSPS) is 11.7. The zero-order valence-corrected chi connectivity index (χ0v) is 23.6. The van der Waals surface area contributed by atoms with Gasteiger partial charge in [-0.1, -0.05) is 0 Å². The summed E-state index contributed by atoms with van der Waals surface area (Å²) in [6.45, 7) is 3.19. The summed E-state index contributed by atoms with van der Waals surface area (Å²) in [7, 11) is 0. The number of benzene rings is 1. The molecular weight excluding hydrogens is 562 g/mol. The molecule has 3 rings (SSSR count). The van der Waals surface area contributed by atoms with E-state index < -0.39 is 23.5 Å². The molecule has 0 aliphatic heterocycles. The van der Waals surface area contributed by atoms with E-state index in [0.29, 0.717) is 57.3 Å². The summed E-state index contributed by atoms with van der Waals surface area (Å²) in [5, 5.41) is 17.8. The molecule has 1 atom stereocenters.